The number of amides is 1. The van der Waals surface area contributed by atoms with E-state index in [1.807, 2.05) is 0 Å². The van der Waals surface area contributed by atoms with Crippen LogP contribution in [0.3, 0.4) is 0 Å². The number of hydrogen-bond donors (Lipinski definition) is 2. The summed E-state index contributed by atoms with van der Waals surface area (Å²) >= 11 is 0. The Bertz CT molecular complexity index is 642. The van der Waals surface area contributed by atoms with Gasteiger partial charge in [0.25, 0.3) is 0 Å². The lowest BCUT2D eigenvalue weighted by atomic mass is 9.99. The molecule has 23 heavy (non-hydrogen) atoms. The van der Waals surface area contributed by atoms with Crippen LogP contribution in [0.25, 0.3) is 0 Å². The molecule has 1 aromatic rings. The van der Waals surface area contributed by atoms with Crippen LogP contribution < -0.4 is 10.0 Å². The summed E-state index contributed by atoms with van der Waals surface area (Å²) in [5.41, 5.74) is 0.721. The monoisotopic (exact) mass is 344 g/mol. The van der Waals surface area contributed by atoms with E-state index in [2.05, 4.69) is 10.0 Å². The average molecular weight is 344 g/mol. The lowest BCUT2D eigenvalue weighted by molar-refractivity contribution is -0.124. The minimum atomic E-state index is -3.49. The topological polar surface area (TPSA) is 84.5 Å². The van der Waals surface area contributed by atoms with Crippen LogP contribution in [0.4, 0.5) is 4.39 Å². The van der Waals surface area contributed by atoms with Gasteiger partial charge in [-0.1, -0.05) is 12.1 Å². The van der Waals surface area contributed by atoms with Crippen LogP contribution >= 0.6 is 0 Å². The van der Waals surface area contributed by atoms with E-state index < -0.39 is 28.0 Å². The Kier molecular flexibility index (Phi) is 5.72. The summed E-state index contributed by atoms with van der Waals surface area (Å²) in [6.45, 7) is 2.07. The van der Waals surface area contributed by atoms with Crippen molar-refractivity contribution >= 4 is 15.9 Å². The van der Waals surface area contributed by atoms with Gasteiger partial charge in [-0.15, -0.1) is 0 Å². The first-order valence-electron chi connectivity index (χ1n) is 7.41. The molecule has 0 bridgehead atoms. The van der Waals surface area contributed by atoms with Gasteiger partial charge in [-0.25, -0.2) is 17.5 Å². The van der Waals surface area contributed by atoms with Gasteiger partial charge in [0, 0.05) is 6.61 Å². The van der Waals surface area contributed by atoms with Crippen molar-refractivity contribution in [1.82, 2.24) is 10.0 Å². The van der Waals surface area contributed by atoms with Crippen molar-refractivity contribution in [3.63, 3.8) is 0 Å². The number of carbonyl (C=O) groups is 1. The predicted molar refractivity (Wildman–Crippen MR) is 83.7 cm³/mol. The van der Waals surface area contributed by atoms with E-state index in [-0.39, 0.29) is 11.9 Å². The zero-order valence-corrected chi connectivity index (χ0v) is 13.9. The molecule has 0 aromatic heterocycles. The fraction of sp³-hybridized carbons (Fsp3) is 0.533. The van der Waals surface area contributed by atoms with E-state index in [4.69, 9.17) is 4.74 Å². The second-order valence-electron chi connectivity index (χ2n) is 5.70. The molecule has 3 unspecified atom stereocenters. The third-order valence-corrected chi connectivity index (χ3v) is 4.43. The minimum absolute atomic E-state index is 0.213. The summed E-state index contributed by atoms with van der Waals surface area (Å²) < 4.78 is 43.5. The summed E-state index contributed by atoms with van der Waals surface area (Å²) in [6.07, 6.45) is 2.44. The highest BCUT2D eigenvalue weighted by molar-refractivity contribution is 7.88. The molecule has 0 radical (unpaired) electrons. The van der Waals surface area contributed by atoms with Crippen molar-refractivity contribution in [3.8, 4) is 0 Å². The first-order valence-corrected chi connectivity index (χ1v) is 9.30. The van der Waals surface area contributed by atoms with Crippen LogP contribution in [-0.2, 0) is 19.6 Å². The molecule has 2 N–H and O–H groups in total. The minimum Gasteiger partial charge on any atom is -0.376 e. The van der Waals surface area contributed by atoms with Gasteiger partial charge in [0.2, 0.25) is 15.9 Å². The van der Waals surface area contributed by atoms with Crippen LogP contribution in [0.1, 0.15) is 31.4 Å². The number of sulfonamides is 1. The second kappa shape index (κ2) is 7.37. The number of rotatable bonds is 6. The van der Waals surface area contributed by atoms with Crippen molar-refractivity contribution in [2.75, 3.05) is 12.9 Å². The van der Waals surface area contributed by atoms with Gasteiger partial charge in [-0.2, -0.15) is 0 Å². The van der Waals surface area contributed by atoms with Crippen LogP contribution in [0.2, 0.25) is 0 Å². The number of hydrogen-bond acceptors (Lipinski definition) is 4. The third-order valence-electron chi connectivity index (χ3n) is 3.65. The van der Waals surface area contributed by atoms with E-state index in [1.54, 1.807) is 12.1 Å². The molecule has 128 valence electrons. The van der Waals surface area contributed by atoms with E-state index in [0.717, 1.165) is 24.7 Å². The highest BCUT2D eigenvalue weighted by Gasteiger charge is 2.30. The average Bonchev–Trinajstić information content (AvgIpc) is 2.97. The summed E-state index contributed by atoms with van der Waals surface area (Å²) in [4.78, 5) is 12.3. The zero-order valence-electron chi connectivity index (χ0n) is 13.1. The summed E-state index contributed by atoms with van der Waals surface area (Å²) in [7, 11) is -3.49. The molecular formula is C15H21FN2O4S. The number of carbonyl (C=O) groups excluding carboxylic acids is 1. The molecule has 8 heteroatoms. The quantitative estimate of drug-likeness (QED) is 0.809. The van der Waals surface area contributed by atoms with E-state index in [1.165, 1.54) is 19.1 Å². The van der Waals surface area contributed by atoms with Crippen LogP contribution in [0.15, 0.2) is 24.3 Å². The normalized spacial score (nSPS) is 20.9. The molecule has 0 aliphatic carbocycles. The highest BCUT2D eigenvalue weighted by Crippen LogP contribution is 2.27. The Morgan fingerprint density at radius 3 is 2.52 bits per heavy atom. The molecule has 1 fully saturated rings. The number of halogens is 1. The Hall–Kier alpha value is -1.51. The van der Waals surface area contributed by atoms with Crippen molar-refractivity contribution in [3.05, 3.63) is 35.6 Å². The van der Waals surface area contributed by atoms with Crippen molar-refractivity contribution in [1.29, 1.82) is 0 Å². The fourth-order valence-electron chi connectivity index (χ4n) is 2.58. The van der Waals surface area contributed by atoms with Gasteiger partial charge >= 0.3 is 0 Å². The Labute approximate surface area is 135 Å². The zero-order chi connectivity index (χ0) is 17.0. The smallest absolute Gasteiger partial charge is 0.238 e. The molecule has 3 atom stereocenters. The summed E-state index contributed by atoms with van der Waals surface area (Å²) in [5.74, 6) is -0.821. The van der Waals surface area contributed by atoms with Gasteiger partial charge in [0.1, 0.15) is 5.82 Å². The first kappa shape index (κ1) is 17.8. The molecule has 2 rings (SSSR count). The standard InChI is InChI=1S/C15H21FN2O4S/c1-10(18-23(2,20)21)15(19)17-14(13-4-3-9-22-13)11-5-7-12(16)8-6-11/h5-8,10,13-14,18H,3-4,9H2,1-2H3,(H,17,19). The predicted octanol–water partition coefficient (Wildman–Crippen LogP) is 1.10. The third kappa shape index (κ3) is 5.26. The maximum absolute atomic E-state index is 13.1. The molecular weight excluding hydrogens is 323 g/mol. The molecule has 1 saturated heterocycles. The number of nitrogens with one attached hydrogen (secondary N) is 2. The Balaban J connectivity index is 2.14. The Morgan fingerprint density at radius 2 is 2.00 bits per heavy atom. The molecule has 1 amide bonds. The van der Waals surface area contributed by atoms with Gasteiger partial charge in [-0.05, 0) is 37.5 Å². The van der Waals surface area contributed by atoms with Crippen LogP contribution in [-0.4, -0.2) is 39.3 Å². The van der Waals surface area contributed by atoms with E-state index in [0.29, 0.717) is 6.61 Å². The van der Waals surface area contributed by atoms with Crippen molar-refractivity contribution in [2.24, 2.45) is 0 Å². The summed E-state index contributed by atoms with van der Waals surface area (Å²) in [5, 5.41) is 2.80. The maximum Gasteiger partial charge on any atom is 0.238 e. The van der Waals surface area contributed by atoms with Crippen molar-refractivity contribution in [2.45, 2.75) is 38.0 Å². The van der Waals surface area contributed by atoms with Crippen molar-refractivity contribution < 1.29 is 22.3 Å². The van der Waals surface area contributed by atoms with E-state index >= 15 is 0 Å². The van der Waals surface area contributed by atoms with Gasteiger partial charge in [0.05, 0.1) is 24.4 Å². The second-order valence-corrected chi connectivity index (χ2v) is 7.48. The first-order chi connectivity index (χ1) is 10.8. The largest absolute Gasteiger partial charge is 0.376 e. The summed E-state index contributed by atoms with van der Waals surface area (Å²) in [6, 6.07) is 4.47. The molecule has 1 aromatic carbocycles. The lowest BCUT2D eigenvalue weighted by Crippen LogP contribution is -2.47. The van der Waals surface area contributed by atoms with Gasteiger partial charge < -0.3 is 10.1 Å². The molecule has 1 aliphatic heterocycles. The SMILES string of the molecule is CC(NS(C)(=O)=O)C(=O)NC(c1ccc(F)cc1)C1CCCO1. The van der Waals surface area contributed by atoms with E-state index in [9.17, 15) is 17.6 Å². The molecule has 1 aliphatic rings. The number of benzene rings is 1. The van der Waals surface area contributed by atoms with Crippen LogP contribution in [0, 0.1) is 5.82 Å². The molecule has 0 saturated carbocycles. The van der Waals surface area contributed by atoms with Gasteiger partial charge in [-0.3, -0.25) is 4.79 Å². The van der Waals surface area contributed by atoms with Crippen LogP contribution in [0.5, 0.6) is 0 Å². The Morgan fingerprint density at radius 1 is 1.35 bits per heavy atom. The highest BCUT2D eigenvalue weighted by atomic mass is 32.2. The molecule has 1 heterocycles. The maximum atomic E-state index is 13.1. The molecule has 6 nitrogen and oxygen atoms in total. The lowest BCUT2D eigenvalue weighted by Gasteiger charge is -2.26. The molecule has 0 spiro atoms. The number of ether oxygens (including phenoxy) is 1. The van der Waals surface area contributed by atoms with Gasteiger partial charge in [0.15, 0.2) is 0 Å². The fourth-order valence-corrected chi connectivity index (χ4v) is 3.33.